The molecule has 0 saturated heterocycles. The largest absolute Gasteiger partial charge is 0.377 e. The second-order valence-corrected chi connectivity index (χ2v) is 3.33. The third-order valence-corrected chi connectivity index (χ3v) is 2.28. The van der Waals surface area contributed by atoms with Gasteiger partial charge in [-0.15, -0.1) is 0 Å². The zero-order valence-corrected chi connectivity index (χ0v) is 8.84. The van der Waals surface area contributed by atoms with Gasteiger partial charge in [-0.1, -0.05) is 12.1 Å². The molecule has 1 rings (SSSR count). The van der Waals surface area contributed by atoms with E-state index in [-0.39, 0.29) is 11.7 Å². The molecule has 0 amide bonds. The number of hydrogen-bond donors (Lipinski definition) is 1. The number of nitrogens with two attached hydrogens (primary N) is 1. The lowest BCUT2D eigenvalue weighted by atomic mass is 10.0. The van der Waals surface area contributed by atoms with Crippen molar-refractivity contribution in [1.29, 1.82) is 0 Å². The van der Waals surface area contributed by atoms with Crippen molar-refractivity contribution in [2.45, 2.75) is 26.0 Å². The highest BCUT2D eigenvalue weighted by Crippen LogP contribution is 2.21. The van der Waals surface area contributed by atoms with Gasteiger partial charge in [0.2, 0.25) is 0 Å². The van der Waals surface area contributed by atoms with Crippen LogP contribution < -0.4 is 5.73 Å². The van der Waals surface area contributed by atoms with Crippen molar-refractivity contribution < 1.29 is 13.5 Å². The van der Waals surface area contributed by atoms with Crippen molar-refractivity contribution in [3.05, 3.63) is 35.4 Å². The monoisotopic (exact) mass is 215 g/mol. The highest BCUT2D eigenvalue weighted by atomic mass is 19.2. The highest BCUT2D eigenvalue weighted by molar-refractivity contribution is 5.23. The maximum Gasteiger partial charge on any atom is 0.163 e. The van der Waals surface area contributed by atoms with Gasteiger partial charge in [0.05, 0.1) is 12.1 Å². The van der Waals surface area contributed by atoms with Gasteiger partial charge in [0.25, 0.3) is 0 Å². The Kier molecular flexibility index (Phi) is 4.17. The van der Waals surface area contributed by atoms with Crippen molar-refractivity contribution in [3.63, 3.8) is 0 Å². The second kappa shape index (κ2) is 5.19. The first-order valence-electron chi connectivity index (χ1n) is 4.89. The van der Waals surface area contributed by atoms with E-state index >= 15 is 0 Å². The number of benzene rings is 1. The van der Waals surface area contributed by atoms with Gasteiger partial charge in [-0.3, -0.25) is 0 Å². The van der Waals surface area contributed by atoms with Crippen LogP contribution in [0.3, 0.4) is 0 Å². The molecule has 15 heavy (non-hydrogen) atoms. The zero-order chi connectivity index (χ0) is 11.4. The minimum Gasteiger partial charge on any atom is -0.377 e. The van der Waals surface area contributed by atoms with Gasteiger partial charge in [0.1, 0.15) is 0 Å². The second-order valence-electron chi connectivity index (χ2n) is 3.33. The van der Waals surface area contributed by atoms with Gasteiger partial charge in [-0.05, 0) is 19.9 Å². The van der Waals surface area contributed by atoms with Crippen molar-refractivity contribution in [2.75, 3.05) is 6.61 Å². The summed E-state index contributed by atoms with van der Waals surface area (Å²) in [4.78, 5) is 0. The lowest BCUT2D eigenvalue weighted by Gasteiger charge is -2.20. The number of halogens is 2. The lowest BCUT2D eigenvalue weighted by Crippen LogP contribution is -2.27. The molecule has 1 aromatic carbocycles. The van der Waals surface area contributed by atoms with E-state index < -0.39 is 17.7 Å². The number of rotatable bonds is 4. The smallest absolute Gasteiger partial charge is 0.163 e. The lowest BCUT2D eigenvalue weighted by molar-refractivity contribution is 0.0564. The Morgan fingerprint density at radius 1 is 1.40 bits per heavy atom. The molecule has 0 saturated carbocycles. The minimum atomic E-state index is -0.892. The molecule has 0 aliphatic rings. The van der Waals surface area contributed by atoms with E-state index in [0.29, 0.717) is 6.61 Å². The predicted molar refractivity (Wildman–Crippen MR) is 54.4 cm³/mol. The first-order chi connectivity index (χ1) is 7.07. The van der Waals surface area contributed by atoms with Gasteiger partial charge in [-0.25, -0.2) is 8.78 Å². The first kappa shape index (κ1) is 12.1. The standard InChI is InChI=1S/C11H15F2NO/c1-3-15-7(2)11(14)8-5-4-6-9(12)10(8)13/h4-7,11H,3,14H2,1-2H3. The van der Waals surface area contributed by atoms with Crippen LogP contribution in [0.5, 0.6) is 0 Å². The maximum atomic E-state index is 13.3. The Hall–Kier alpha value is -1.00. The summed E-state index contributed by atoms with van der Waals surface area (Å²) in [5.41, 5.74) is 5.91. The fourth-order valence-electron chi connectivity index (χ4n) is 1.40. The number of ether oxygens (including phenoxy) is 1. The van der Waals surface area contributed by atoms with Crippen molar-refractivity contribution in [3.8, 4) is 0 Å². The molecule has 0 aliphatic carbocycles. The van der Waals surface area contributed by atoms with Crippen LogP contribution in [-0.2, 0) is 4.74 Å². The molecule has 2 nitrogen and oxygen atoms in total. The summed E-state index contributed by atoms with van der Waals surface area (Å²) in [7, 11) is 0. The molecule has 2 N–H and O–H groups in total. The SMILES string of the molecule is CCOC(C)C(N)c1cccc(F)c1F. The Morgan fingerprint density at radius 2 is 2.07 bits per heavy atom. The highest BCUT2D eigenvalue weighted by Gasteiger charge is 2.20. The summed E-state index contributed by atoms with van der Waals surface area (Å²) >= 11 is 0. The summed E-state index contributed by atoms with van der Waals surface area (Å²) < 4.78 is 31.5. The molecule has 0 aromatic heterocycles. The van der Waals surface area contributed by atoms with E-state index in [2.05, 4.69) is 0 Å². The topological polar surface area (TPSA) is 35.2 Å². The summed E-state index contributed by atoms with van der Waals surface area (Å²) in [6.45, 7) is 4.05. The molecule has 2 unspecified atom stereocenters. The molecule has 0 bridgehead atoms. The Labute approximate surface area is 88.0 Å². The maximum absolute atomic E-state index is 13.3. The quantitative estimate of drug-likeness (QED) is 0.837. The third-order valence-electron chi connectivity index (χ3n) is 2.28. The Balaban J connectivity index is 2.90. The van der Waals surface area contributed by atoms with Crippen molar-refractivity contribution in [1.82, 2.24) is 0 Å². The van der Waals surface area contributed by atoms with E-state index in [9.17, 15) is 8.78 Å². The van der Waals surface area contributed by atoms with Crippen LogP contribution in [0.2, 0.25) is 0 Å². The van der Waals surface area contributed by atoms with Crippen LogP contribution in [0.25, 0.3) is 0 Å². The Morgan fingerprint density at radius 3 is 2.67 bits per heavy atom. The van der Waals surface area contributed by atoms with Crippen LogP contribution >= 0.6 is 0 Å². The fraction of sp³-hybridized carbons (Fsp3) is 0.455. The molecule has 84 valence electrons. The molecule has 1 aromatic rings. The molecule has 0 aliphatic heterocycles. The van der Waals surface area contributed by atoms with Gasteiger partial charge in [0.15, 0.2) is 11.6 Å². The summed E-state index contributed by atoms with van der Waals surface area (Å²) in [6, 6.07) is 3.32. The van der Waals surface area contributed by atoms with E-state index in [1.54, 1.807) is 6.92 Å². The molecular formula is C11H15F2NO. The van der Waals surface area contributed by atoms with Crippen molar-refractivity contribution >= 4 is 0 Å². The molecular weight excluding hydrogens is 200 g/mol. The molecule has 0 spiro atoms. The minimum absolute atomic E-state index is 0.149. The predicted octanol–water partition coefficient (Wildman–Crippen LogP) is 2.39. The summed E-state index contributed by atoms with van der Waals surface area (Å²) in [5.74, 6) is -1.77. The van der Waals surface area contributed by atoms with Crippen LogP contribution in [0.1, 0.15) is 25.5 Å². The molecule has 0 radical (unpaired) electrons. The average molecular weight is 215 g/mol. The summed E-state index contributed by atoms with van der Waals surface area (Å²) in [5, 5.41) is 0. The van der Waals surface area contributed by atoms with E-state index in [4.69, 9.17) is 10.5 Å². The van der Waals surface area contributed by atoms with Crippen LogP contribution in [-0.4, -0.2) is 12.7 Å². The zero-order valence-electron chi connectivity index (χ0n) is 8.84. The molecule has 0 fully saturated rings. The van der Waals surface area contributed by atoms with Gasteiger partial charge >= 0.3 is 0 Å². The third kappa shape index (κ3) is 2.73. The fourth-order valence-corrected chi connectivity index (χ4v) is 1.40. The molecule has 0 heterocycles. The van der Waals surface area contributed by atoms with E-state index in [1.165, 1.54) is 12.1 Å². The normalized spacial score (nSPS) is 15.0. The van der Waals surface area contributed by atoms with Crippen molar-refractivity contribution in [2.24, 2.45) is 5.73 Å². The summed E-state index contributed by atoms with van der Waals surface area (Å²) in [6.07, 6.45) is -0.341. The average Bonchev–Trinajstić information content (AvgIpc) is 2.21. The first-order valence-corrected chi connectivity index (χ1v) is 4.89. The Bertz CT molecular complexity index is 330. The van der Waals surface area contributed by atoms with Gasteiger partial charge < -0.3 is 10.5 Å². The van der Waals surface area contributed by atoms with E-state index in [0.717, 1.165) is 6.07 Å². The molecule has 4 heteroatoms. The van der Waals surface area contributed by atoms with Gasteiger partial charge in [-0.2, -0.15) is 0 Å². The molecule has 2 atom stereocenters. The van der Waals surface area contributed by atoms with Crippen LogP contribution in [0, 0.1) is 11.6 Å². The number of hydrogen-bond acceptors (Lipinski definition) is 2. The van der Waals surface area contributed by atoms with Gasteiger partial charge in [0, 0.05) is 12.2 Å². The van der Waals surface area contributed by atoms with Crippen LogP contribution in [0.4, 0.5) is 8.78 Å². The van der Waals surface area contributed by atoms with Crippen LogP contribution in [0.15, 0.2) is 18.2 Å². The van der Waals surface area contributed by atoms with E-state index in [1.807, 2.05) is 6.92 Å².